The molecule has 1 aromatic rings. The summed E-state index contributed by atoms with van der Waals surface area (Å²) in [7, 11) is 1.94. The van der Waals surface area contributed by atoms with Crippen LogP contribution in [-0.2, 0) is 6.42 Å². The summed E-state index contributed by atoms with van der Waals surface area (Å²) < 4.78 is 0. The molecule has 2 N–H and O–H groups in total. The van der Waals surface area contributed by atoms with E-state index in [2.05, 4.69) is 10.6 Å². The first kappa shape index (κ1) is 10.1. The zero-order valence-electron chi connectivity index (χ0n) is 7.90. The van der Waals surface area contributed by atoms with E-state index in [-0.39, 0.29) is 0 Å². The number of rotatable bonds is 2. The first-order valence-corrected chi connectivity index (χ1v) is 5.36. The van der Waals surface area contributed by atoms with Crippen molar-refractivity contribution in [2.75, 3.05) is 18.9 Å². The average Bonchev–Trinajstić information content (AvgIpc) is 2.57. The largest absolute Gasteiger partial charge is 0.379 e. The number of fused-ring (bicyclic) bond motifs is 1. The first-order valence-electron chi connectivity index (χ1n) is 4.60. The van der Waals surface area contributed by atoms with E-state index in [0.717, 1.165) is 34.3 Å². The molecule has 0 bridgehead atoms. The fourth-order valence-electron chi connectivity index (χ4n) is 1.82. The van der Waals surface area contributed by atoms with Crippen molar-refractivity contribution in [3.05, 3.63) is 27.7 Å². The van der Waals surface area contributed by atoms with Gasteiger partial charge in [-0.25, -0.2) is 0 Å². The number of likely N-dealkylation sites (N-methyl/N-ethyl adjacent to an activating group) is 1. The molecular weight excluding hydrogens is 219 g/mol. The van der Waals surface area contributed by atoms with Gasteiger partial charge in [0.25, 0.3) is 0 Å². The highest BCUT2D eigenvalue weighted by molar-refractivity contribution is 6.36. The molecule has 2 nitrogen and oxygen atoms in total. The number of halogens is 2. The van der Waals surface area contributed by atoms with E-state index in [9.17, 15) is 0 Å². The van der Waals surface area contributed by atoms with Crippen molar-refractivity contribution in [3.63, 3.8) is 0 Å². The maximum Gasteiger partial charge on any atom is 0.0641 e. The molecule has 0 amide bonds. The Balaban J connectivity index is 2.29. The van der Waals surface area contributed by atoms with E-state index in [1.807, 2.05) is 19.2 Å². The highest BCUT2D eigenvalue weighted by Crippen LogP contribution is 2.37. The third kappa shape index (κ3) is 1.70. The Morgan fingerprint density at radius 1 is 1.43 bits per heavy atom. The average molecular weight is 231 g/mol. The van der Waals surface area contributed by atoms with Gasteiger partial charge in [0.2, 0.25) is 0 Å². The lowest BCUT2D eigenvalue weighted by atomic mass is 10.1. The molecule has 1 unspecified atom stereocenters. The number of hydrogen-bond acceptors (Lipinski definition) is 2. The molecule has 0 saturated heterocycles. The molecule has 1 aliphatic rings. The second kappa shape index (κ2) is 3.97. The molecule has 4 heteroatoms. The molecule has 1 aromatic carbocycles. The highest BCUT2D eigenvalue weighted by atomic mass is 35.5. The van der Waals surface area contributed by atoms with Gasteiger partial charge in [-0.2, -0.15) is 0 Å². The van der Waals surface area contributed by atoms with Crippen LogP contribution in [0, 0.1) is 0 Å². The van der Waals surface area contributed by atoms with E-state index in [1.165, 1.54) is 0 Å². The normalized spacial score (nSPS) is 19.2. The fourth-order valence-corrected chi connectivity index (χ4v) is 2.29. The van der Waals surface area contributed by atoms with Crippen LogP contribution in [0.25, 0.3) is 0 Å². The van der Waals surface area contributed by atoms with Crippen LogP contribution in [0.2, 0.25) is 10.0 Å². The predicted molar refractivity (Wildman–Crippen MR) is 61.5 cm³/mol. The summed E-state index contributed by atoms with van der Waals surface area (Å²) in [4.78, 5) is 0. The maximum atomic E-state index is 6.09. The van der Waals surface area contributed by atoms with Crippen LogP contribution in [0.4, 0.5) is 5.69 Å². The quantitative estimate of drug-likeness (QED) is 0.817. The molecule has 1 atom stereocenters. The third-order valence-electron chi connectivity index (χ3n) is 2.45. The number of hydrogen-bond donors (Lipinski definition) is 2. The summed E-state index contributed by atoms with van der Waals surface area (Å²) in [5.74, 6) is 0. The van der Waals surface area contributed by atoms with E-state index in [1.54, 1.807) is 0 Å². The molecule has 14 heavy (non-hydrogen) atoms. The van der Waals surface area contributed by atoms with Crippen LogP contribution in [-0.4, -0.2) is 19.6 Å². The van der Waals surface area contributed by atoms with Crippen molar-refractivity contribution in [3.8, 4) is 0 Å². The molecule has 76 valence electrons. The van der Waals surface area contributed by atoms with E-state index in [0.29, 0.717) is 6.04 Å². The van der Waals surface area contributed by atoms with E-state index in [4.69, 9.17) is 23.2 Å². The Labute approximate surface area is 93.6 Å². The maximum absolute atomic E-state index is 6.09. The lowest BCUT2D eigenvalue weighted by Gasteiger charge is -2.09. The first-order chi connectivity index (χ1) is 6.72. The van der Waals surface area contributed by atoms with Crippen molar-refractivity contribution >= 4 is 28.9 Å². The minimum atomic E-state index is 0.396. The summed E-state index contributed by atoms with van der Waals surface area (Å²) in [6.45, 7) is 0.918. The van der Waals surface area contributed by atoms with Crippen molar-refractivity contribution in [2.24, 2.45) is 0 Å². The zero-order chi connectivity index (χ0) is 10.1. The Hall–Kier alpha value is -0.440. The van der Waals surface area contributed by atoms with Crippen LogP contribution in [0.1, 0.15) is 5.56 Å². The lowest BCUT2D eigenvalue weighted by molar-refractivity contribution is 0.674. The van der Waals surface area contributed by atoms with Crippen LogP contribution in [0.15, 0.2) is 12.1 Å². The molecular formula is C10H12Cl2N2. The van der Waals surface area contributed by atoms with Crippen LogP contribution >= 0.6 is 23.2 Å². The van der Waals surface area contributed by atoms with Gasteiger partial charge in [-0.15, -0.1) is 0 Å². The molecule has 2 rings (SSSR count). The Kier molecular flexibility index (Phi) is 2.86. The van der Waals surface area contributed by atoms with Gasteiger partial charge in [-0.1, -0.05) is 23.2 Å². The van der Waals surface area contributed by atoms with Crippen molar-refractivity contribution in [1.82, 2.24) is 5.32 Å². The molecule has 0 radical (unpaired) electrons. The predicted octanol–water partition coefficient (Wildman–Crippen LogP) is 2.55. The van der Waals surface area contributed by atoms with Crippen molar-refractivity contribution < 1.29 is 0 Å². The molecule has 1 heterocycles. The van der Waals surface area contributed by atoms with Crippen LogP contribution in [0.3, 0.4) is 0 Å². The van der Waals surface area contributed by atoms with Gasteiger partial charge in [0.15, 0.2) is 0 Å². The topological polar surface area (TPSA) is 24.1 Å². The number of anilines is 1. The summed E-state index contributed by atoms with van der Waals surface area (Å²) in [5.41, 5.74) is 2.14. The molecule has 0 spiro atoms. The molecule has 0 aromatic heterocycles. The standard InChI is InChI=1S/C10H12Cl2N2/c1-13-5-6-4-7-8(11)2-3-9(12)10(7)14-6/h2-3,6,13-14H,4-5H2,1H3. The second-order valence-corrected chi connectivity index (χ2v) is 4.30. The third-order valence-corrected chi connectivity index (χ3v) is 3.12. The minimum absolute atomic E-state index is 0.396. The molecule has 0 fully saturated rings. The number of nitrogens with one attached hydrogen (secondary N) is 2. The van der Waals surface area contributed by atoms with E-state index >= 15 is 0 Å². The summed E-state index contributed by atoms with van der Waals surface area (Å²) in [6.07, 6.45) is 0.940. The van der Waals surface area contributed by atoms with E-state index < -0.39 is 0 Å². The smallest absolute Gasteiger partial charge is 0.0641 e. The van der Waals surface area contributed by atoms with Crippen LogP contribution in [0.5, 0.6) is 0 Å². The zero-order valence-corrected chi connectivity index (χ0v) is 9.41. The Bertz CT molecular complexity index is 321. The van der Waals surface area contributed by atoms with Gasteiger partial charge < -0.3 is 10.6 Å². The molecule has 0 aliphatic carbocycles. The van der Waals surface area contributed by atoms with Gasteiger partial charge in [-0.05, 0) is 31.2 Å². The highest BCUT2D eigenvalue weighted by Gasteiger charge is 2.24. The van der Waals surface area contributed by atoms with Crippen LogP contribution < -0.4 is 10.6 Å². The Morgan fingerprint density at radius 3 is 2.79 bits per heavy atom. The molecule has 0 saturated carbocycles. The van der Waals surface area contributed by atoms with Gasteiger partial charge in [0, 0.05) is 17.6 Å². The van der Waals surface area contributed by atoms with Gasteiger partial charge in [0.05, 0.1) is 10.7 Å². The van der Waals surface area contributed by atoms with Gasteiger partial charge in [-0.3, -0.25) is 0 Å². The summed E-state index contributed by atoms with van der Waals surface area (Å²) in [6, 6.07) is 4.08. The fraction of sp³-hybridized carbons (Fsp3) is 0.400. The van der Waals surface area contributed by atoms with Crippen molar-refractivity contribution in [2.45, 2.75) is 12.5 Å². The van der Waals surface area contributed by atoms with Gasteiger partial charge in [0.1, 0.15) is 0 Å². The van der Waals surface area contributed by atoms with Crippen molar-refractivity contribution in [1.29, 1.82) is 0 Å². The SMILES string of the molecule is CNCC1Cc2c(Cl)ccc(Cl)c2N1. The Morgan fingerprint density at radius 2 is 2.14 bits per heavy atom. The number of benzene rings is 1. The minimum Gasteiger partial charge on any atom is -0.379 e. The lowest BCUT2D eigenvalue weighted by Crippen LogP contribution is -2.28. The summed E-state index contributed by atoms with van der Waals surface area (Å²) in [5, 5.41) is 8.05. The summed E-state index contributed by atoms with van der Waals surface area (Å²) >= 11 is 12.2. The second-order valence-electron chi connectivity index (χ2n) is 3.49. The monoisotopic (exact) mass is 230 g/mol. The molecule has 1 aliphatic heterocycles. The van der Waals surface area contributed by atoms with Gasteiger partial charge >= 0.3 is 0 Å².